The lowest BCUT2D eigenvalue weighted by molar-refractivity contribution is 0.0252. The van der Waals surface area contributed by atoms with E-state index in [2.05, 4.69) is 10.3 Å². The largest absolute Gasteiger partial charge is 0.444 e. The molecule has 2 atom stereocenters. The summed E-state index contributed by atoms with van der Waals surface area (Å²) in [5, 5.41) is 2.99. The van der Waals surface area contributed by atoms with Gasteiger partial charge in [0.25, 0.3) is 11.5 Å². The molecule has 3 heterocycles. The molecule has 2 aromatic rings. The van der Waals surface area contributed by atoms with Crippen LogP contribution in [-0.4, -0.2) is 69.0 Å². The van der Waals surface area contributed by atoms with Gasteiger partial charge in [-0.2, -0.15) is 0 Å². The summed E-state index contributed by atoms with van der Waals surface area (Å²) in [6.45, 7) is 5.83. The van der Waals surface area contributed by atoms with Crippen molar-refractivity contribution in [3.05, 3.63) is 38.7 Å². The molecule has 0 unspecified atom stereocenters. The molecule has 0 bridgehead atoms. The molecule has 3 rings (SSSR count). The highest BCUT2D eigenvalue weighted by molar-refractivity contribution is 5.97. The number of pyridine rings is 1. The molecule has 11 heteroatoms. The number of nitrogens with one attached hydrogen (secondary N) is 1. The molecule has 1 aliphatic heterocycles. The molecule has 2 aromatic heterocycles. The van der Waals surface area contributed by atoms with Crippen LogP contribution in [0.4, 0.5) is 4.79 Å². The quantitative estimate of drug-likeness (QED) is 0.722. The van der Waals surface area contributed by atoms with E-state index in [0.29, 0.717) is 0 Å². The molecule has 0 aromatic carbocycles. The Kier molecular flexibility index (Phi) is 5.90. The van der Waals surface area contributed by atoms with Gasteiger partial charge in [-0.1, -0.05) is 0 Å². The number of aryl methyl sites for hydroxylation is 1. The van der Waals surface area contributed by atoms with E-state index in [-0.39, 0.29) is 29.7 Å². The number of aromatic nitrogens is 3. The second-order valence-corrected chi connectivity index (χ2v) is 8.54. The van der Waals surface area contributed by atoms with Gasteiger partial charge in [0.2, 0.25) is 0 Å². The van der Waals surface area contributed by atoms with Crippen molar-refractivity contribution >= 4 is 23.0 Å². The minimum atomic E-state index is -0.635. The van der Waals surface area contributed by atoms with Crippen LogP contribution in [0.25, 0.3) is 11.0 Å². The molecule has 1 fully saturated rings. The predicted molar refractivity (Wildman–Crippen MR) is 112 cm³/mol. The molecule has 0 spiro atoms. The van der Waals surface area contributed by atoms with Gasteiger partial charge in [0.05, 0.1) is 29.6 Å². The smallest absolute Gasteiger partial charge is 0.410 e. The number of carbonyl (C=O) groups excluding carboxylic acids is 2. The molecule has 2 amide bonds. The Morgan fingerprint density at radius 1 is 1.16 bits per heavy atom. The number of hydrogen-bond donors (Lipinski definition) is 1. The van der Waals surface area contributed by atoms with E-state index < -0.39 is 41.0 Å². The third-order valence-electron chi connectivity index (χ3n) is 5.09. The predicted octanol–water partition coefficient (Wildman–Crippen LogP) is -0.00370. The summed E-state index contributed by atoms with van der Waals surface area (Å²) in [5.41, 5.74) is -1.32. The van der Waals surface area contributed by atoms with Crippen molar-refractivity contribution < 1.29 is 19.1 Å². The minimum absolute atomic E-state index is 0.155. The molecule has 31 heavy (non-hydrogen) atoms. The Balaban J connectivity index is 1.82. The van der Waals surface area contributed by atoms with Gasteiger partial charge >= 0.3 is 11.8 Å². The first-order valence-corrected chi connectivity index (χ1v) is 9.80. The van der Waals surface area contributed by atoms with Crippen molar-refractivity contribution in [1.82, 2.24) is 24.3 Å². The van der Waals surface area contributed by atoms with Gasteiger partial charge in [0.15, 0.2) is 0 Å². The average molecular weight is 433 g/mol. The first-order chi connectivity index (χ1) is 14.4. The van der Waals surface area contributed by atoms with Gasteiger partial charge in [-0.05, 0) is 26.8 Å². The summed E-state index contributed by atoms with van der Waals surface area (Å²) in [6, 6.07) is 0.936. The highest BCUT2D eigenvalue weighted by atomic mass is 16.6. The van der Waals surface area contributed by atoms with Gasteiger partial charge in [0.1, 0.15) is 11.2 Å². The molecular weight excluding hydrogens is 406 g/mol. The topological polar surface area (TPSA) is 125 Å². The van der Waals surface area contributed by atoms with Crippen LogP contribution >= 0.6 is 0 Å². The lowest BCUT2D eigenvalue weighted by atomic mass is 10.1. The van der Waals surface area contributed by atoms with E-state index in [1.165, 1.54) is 42.9 Å². The zero-order valence-electron chi connectivity index (χ0n) is 18.5. The third kappa shape index (κ3) is 4.46. The van der Waals surface area contributed by atoms with Crippen LogP contribution in [0.3, 0.4) is 0 Å². The fourth-order valence-electron chi connectivity index (χ4n) is 3.47. The number of rotatable bonds is 3. The molecule has 0 saturated carbocycles. The second-order valence-electron chi connectivity index (χ2n) is 8.54. The molecule has 0 radical (unpaired) electrons. The number of methoxy groups -OCH3 is 1. The highest BCUT2D eigenvalue weighted by Crippen LogP contribution is 2.18. The Morgan fingerprint density at radius 2 is 1.84 bits per heavy atom. The number of ether oxygens (including phenoxy) is 2. The SMILES string of the molecule is CO[C@H]1CN(C(=O)OC(C)(C)C)C[C@@H]1NC(=O)c1cnc2c(c1)c(=O)n(C)c(=O)n2C. The molecule has 1 N–H and O–H groups in total. The van der Waals surface area contributed by atoms with Crippen molar-refractivity contribution in [1.29, 1.82) is 0 Å². The van der Waals surface area contributed by atoms with Crippen LogP contribution in [0.1, 0.15) is 31.1 Å². The Bertz CT molecular complexity index is 1150. The lowest BCUT2D eigenvalue weighted by Gasteiger charge is -2.24. The average Bonchev–Trinajstić information content (AvgIpc) is 3.12. The molecule has 1 saturated heterocycles. The maximum Gasteiger partial charge on any atom is 0.410 e. The fraction of sp³-hybridized carbons (Fsp3) is 0.550. The summed E-state index contributed by atoms with van der Waals surface area (Å²) in [4.78, 5) is 55.3. The Hall–Kier alpha value is -3.21. The van der Waals surface area contributed by atoms with Gasteiger partial charge in [-0.25, -0.2) is 14.6 Å². The van der Waals surface area contributed by atoms with Gasteiger partial charge in [-0.15, -0.1) is 0 Å². The summed E-state index contributed by atoms with van der Waals surface area (Å²) >= 11 is 0. The zero-order valence-corrected chi connectivity index (χ0v) is 18.5. The molecular formula is C20H27N5O6. The minimum Gasteiger partial charge on any atom is -0.444 e. The van der Waals surface area contributed by atoms with Crippen LogP contribution in [-0.2, 0) is 23.6 Å². The van der Waals surface area contributed by atoms with Crippen molar-refractivity contribution in [2.24, 2.45) is 14.1 Å². The van der Waals surface area contributed by atoms with Crippen molar-refractivity contribution in [3.8, 4) is 0 Å². The van der Waals surface area contributed by atoms with E-state index in [1.54, 1.807) is 20.8 Å². The number of fused-ring (bicyclic) bond motifs is 1. The summed E-state index contributed by atoms with van der Waals surface area (Å²) in [7, 11) is 4.37. The van der Waals surface area contributed by atoms with Crippen molar-refractivity contribution in [2.45, 2.75) is 38.5 Å². The standard InChI is InChI=1S/C20H27N5O6/c1-20(2,3)31-19(29)25-9-13(14(10-25)30-6)22-16(26)11-7-12-15(21-8-11)23(4)18(28)24(5)17(12)27/h7-8,13-14H,9-10H2,1-6H3,(H,22,26)/t13-,14-/m0/s1. The zero-order chi connectivity index (χ0) is 23.1. The Labute approximate surface area is 178 Å². The van der Waals surface area contributed by atoms with Crippen molar-refractivity contribution in [2.75, 3.05) is 20.2 Å². The normalized spacial score (nSPS) is 19.0. The van der Waals surface area contributed by atoms with Gasteiger partial charge in [0, 0.05) is 33.9 Å². The van der Waals surface area contributed by atoms with Crippen LogP contribution < -0.4 is 16.6 Å². The third-order valence-corrected chi connectivity index (χ3v) is 5.09. The molecule has 1 aliphatic rings. The van der Waals surface area contributed by atoms with E-state index in [4.69, 9.17) is 9.47 Å². The number of amides is 2. The van der Waals surface area contributed by atoms with Gasteiger partial charge in [-0.3, -0.25) is 18.7 Å². The molecule has 0 aliphatic carbocycles. The van der Waals surface area contributed by atoms with Crippen molar-refractivity contribution in [3.63, 3.8) is 0 Å². The van der Waals surface area contributed by atoms with Gasteiger partial charge < -0.3 is 19.7 Å². The van der Waals surface area contributed by atoms with Crippen LogP contribution in [0.5, 0.6) is 0 Å². The number of likely N-dealkylation sites (tertiary alicyclic amines) is 1. The van der Waals surface area contributed by atoms with Crippen LogP contribution in [0, 0.1) is 0 Å². The Morgan fingerprint density at radius 3 is 2.45 bits per heavy atom. The number of hydrogen-bond acceptors (Lipinski definition) is 7. The lowest BCUT2D eigenvalue weighted by Crippen LogP contribution is -2.44. The second kappa shape index (κ2) is 8.14. The van der Waals surface area contributed by atoms with E-state index in [9.17, 15) is 19.2 Å². The molecule has 11 nitrogen and oxygen atoms in total. The first kappa shape index (κ1) is 22.5. The maximum absolute atomic E-state index is 12.8. The number of nitrogens with zero attached hydrogens (tertiary/aromatic N) is 4. The maximum atomic E-state index is 12.8. The van der Waals surface area contributed by atoms with E-state index >= 15 is 0 Å². The van der Waals surface area contributed by atoms with Crippen LogP contribution in [0.15, 0.2) is 21.9 Å². The fourth-order valence-corrected chi connectivity index (χ4v) is 3.47. The summed E-state index contributed by atoms with van der Waals surface area (Å²) in [6.07, 6.45) is 0.403. The van der Waals surface area contributed by atoms with Crippen LogP contribution in [0.2, 0.25) is 0 Å². The first-order valence-electron chi connectivity index (χ1n) is 9.80. The summed E-state index contributed by atoms with van der Waals surface area (Å²) in [5.74, 6) is -0.469. The van der Waals surface area contributed by atoms with E-state index in [1.807, 2.05) is 0 Å². The highest BCUT2D eigenvalue weighted by Gasteiger charge is 2.38. The van der Waals surface area contributed by atoms with E-state index in [0.717, 1.165) is 4.57 Å². The summed E-state index contributed by atoms with van der Waals surface area (Å²) < 4.78 is 13.0. The molecule has 168 valence electrons. The monoisotopic (exact) mass is 433 g/mol. The number of carbonyl (C=O) groups is 2.